The first-order valence-electron chi connectivity index (χ1n) is 31.0. The van der Waals surface area contributed by atoms with Crippen molar-refractivity contribution in [1.82, 2.24) is 5.32 Å². The van der Waals surface area contributed by atoms with Crippen LogP contribution in [0.2, 0.25) is 0 Å². The average Bonchev–Trinajstić information content (AvgIpc) is 3.37. The summed E-state index contributed by atoms with van der Waals surface area (Å²) in [5, 5.41) is 54.8. The molecule has 0 aromatic heterocycles. The number of aliphatic hydroxyl groups excluding tert-OH is 5. The smallest absolute Gasteiger partial charge is 0.220 e. The number of rotatable bonds is 54. The second-order valence-corrected chi connectivity index (χ2v) is 21.9. The predicted octanol–water partition coefficient (Wildman–Crippen LogP) is 15.7. The fourth-order valence-electron chi connectivity index (χ4n) is 10.1. The van der Waals surface area contributed by atoms with Crippen LogP contribution in [-0.2, 0) is 14.3 Å². The minimum absolute atomic E-state index is 0.135. The molecule has 420 valence electrons. The zero-order valence-electron chi connectivity index (χ0n) is 46.8. The standard InChI is InChI=1S/C62H119NO8/c1-3-5-7-9-11-13-15-17-19-21-23-24-25-26-27-28-29-30-31-32-34-36-38-40-42-44-46-48-50-52-58(66)63-55(54-70-62-61(69)60(68)59(67)57(53-64)71-62)56(65)51-49-47-45-43-41-39-37-35-33-22-20-18-16-14-12-10-8-6-4-2/h23-24,26-27,55-57,59-62,64-65,67-69H,3-22,25,28-54H2,1-2H3,(H,63,66)/b24-23-,27-26-. The molecule has 1 heterocycles. The van der Waals surface area contributed by atoms with Gasteiger partial charge in [-0.25, -0.2) is 0 Å². The first-order chi connectivity index (χ1) is 34.8. The van der Waals surface area contributed by atoms with Crippen molar-refractivity contribution in [1.29, 1.82) is 0 Å². The van der Waals surface area contributed by atoms with Crippen molar-refractivity contribution in [3.63, 3.8) is 0 Å². The summed E-state index contributed by atoms with van der Waals surface area (Å²) in [4.78, 5) is 13.1. The second-order valence-electron chi connectivity index (χ2n) is 21.9. The van der Waals surface area contributed by atoms with Gasteiger partial charge in [-0.15, -0.1) is 0 Å². The molecule has 1 aliphatic rings. The highest BCUT2D eigenvalue weighted by Gasteiger charge is 2.44. The van der Waals surface area contributed by atoms with E-state index in [1.54, 1.807) is 0 Å². The zero-order valence-corrected chi connectivity index (χ0v) is 46.8. The highest BCUT2D eigenvalue weighted by molar-refractivity contribution is 5.76. The number of carbonyl (C=O) groups excluding carboxylic acids is 1. The molecule has 7 unspecified atom stereocenters. The van der Waals surface area contributed by atoms with Gasteiger partial charge in [0.05, 0.1) is 25.4 Å². The Balaban J connectivity index is 2.15. The molecule has 71 heavy (non-hydrogen) atoms. The van der Waals surface area contributed by atoms with E-state index < -0.39 is 49.5 Å². The molecule has 0 aromatic carbocycles. The lowest BCUT2D eigenvalue weighted by Gasteiger charge is -2.40. The Bertz CT molecular complexity index is 1170. The van der Waals surface area contributed by atoms with Crippen molar-refractivity contribution < 1.29 is 39.8 Å². The van der Waals surface area contributed by atoms with E-state index in [0.29, 0.717) is 12.8 Å². The molecule has 1 fully saturated rings. The summed E-state index contributed by atoms with van der Waals surface area (Å²) in [6.45, 7) is 3.88. The van der Waals surface area contributed by atoms with Crippen molar-refractivity contribution in [2.75, 3.05) is 13.2 Å². The van der Waals surface area contributed by atoms with Crippen LogP contribution in [0.25, 0.3) is 0 Å². The molecule has 1 aliphatic heterocycles. The lowest BCUT2D eigenvalue weighted by atomic mass is 9.99. The van der Waals surface area contributed by atoms with Crippen LogP contribution in [0.3, 0.4) is 0 Å². The van der Waals surface area contributed by atoms with Gasteiger partial charge in [0.1, 0.15) is 24.4 Å². The minimum Gasteiger partial charge on any atom is -0.394 e. The molecule has 0 bridgehead atoms. The average molecular weight is 1010 g/mol. The third kappa shape index (κ3) is 41.6. The van der Waals surface area contributed by atoms with Crippen LogP contribution in [-0.4, -0.2) is 87.5 Å². The van der Waals surface area contributed by atoms with E-state index in [0.717, 1.165) is 44.9 Å². The van der Waals surface area contributed by atoms with E-state index >= 15 is 0 Å². The van der Waals surface area contributed by atoms with Gasteiger partial charge >= 0.3 is 0 Å². The van der Waals surface area contributed by atoms with Gasteiger partial charge < -0.3 is 40.3 Å². The van der Waals surface area contributed by atoms with E-state index in [4.69, 9.17) is 9.47 Å². The van der Waals surface area contributed by atoms with Gasteiger partial charge in [0.2, 0.25) is 5.91 Å². The van der Waals surface area contributed by atoms with E-state index in [-0.39, 0.29) is 12.5 Å². The largest absolute Gasteiger partial charge is 0.394 e. The predicted molar refractivity (Wildman–Crippen MR) is 300 cm³/mol. The Labute approximate surface area is 439 Å². The summed E-state index contributed by atoms with van der Waals surface area (Å²) < 4.78 is 11.3. The molecule has 9 nitrogen and oxygen atoms in total. The van der Waals surface area contributed by atoms with E-state index in [1.807, 2.05) is 0 Å². The summed E-state index contributed by atoms with van der Waals surface area (Å²) >= 11 is 0. The summed E-state index contributed by atoms with van der Waals surface area (Å²) in [6.07, 6.45) is 59.3. The number of carbonyl (C=O) groups is 1. The number of nitrogens with one attached hydrogen (secondary N) is 1. The fraction of sp³-hybridized carbons (Fsp3) is 0.919. The summed E-state index contributed by atoms with van der Waals surface area (Å²) in [6, 6.07) is -0.718. The maximum absolute atomic E-state index is 13.1. The van der Waals surface area contributed by atoms with Gasteiger partial charge in [0.15, 0.2) is 6.29 Å². The summed E-state index contributed by atoms with van der Waals surface area (Å²) in [5.41, 5.74) is 0. The molecular formula is C62H119NO8. The fourth-order valence-corrected chi connectivity index (χ4v) is 10.1. The molecular weight excluding hydrogens is 887 g/mol. The van der Waals surface area contributed by atoms with Gasteiger partial charge in [-0.05, 0) is 44.9 Å². The Morgan fingerprint density at radius 1 is 0.479 bits per heavy atom. The first kappa shape index (κ1) is 67.7. The molecule has 1 saturated heterocycles. The van der Waals surface area contributed by atoms with Gasteiger partial charge in [-0.1, -0.05) is 282 Å². The lowest BCUT2D eigenvalue weighted by molar-refractivity contribution is -0.302. The Hall–Kier alpha value is -1.33. The maximum atomic E-state index is 13.1. The number of amides is 1. The number of hydrogen-bond donors (Lipinski definition) is 6. The van der Waals surface area contributed by atoms with Gasteiger partial charge in [-0.2, -0.15) is 0 Å². The highest BCUT2D eigenvalue weighted by Crippen LogP contribution is 2.23. The van der Waals surface area contributed by atoms with E-state index in [1.165, 1.54) is 238 Å². The van der Waals surface area contributed by atoms with Crippen LogP contribution in [0.5, 0.6) is 0 Å². The van der Waals surface area contributed by atoms with Crippen LogP contribution in [0, 0.1) is 0 Å². The zero-order chi connectivity index (χ0) is 51.5. The number of aliphatic hydroxyl groups is 5. The van der Waals surface area contributed by atoms with Crippen LogP contribution in [0.1, 0.15) is 309 Å². The molecule has 9 heteroatoms. The molecule has 0 aliphatic carbocycles. The Kier molecular flexibility index (Phi) is 49.7. The first-order valence-corrected chi connectivity index (χ1v) is 31.0. The van der Waals surface area contributed by atoms with Crippen molar-refractivity contribution in [2.45, 2.75) is 352 Å². The van der Waals surface area contributed by atoms with Crippen LogP contribution in [0.15, 0.2) is 24.3 Å². The van der Waals surface area contributed by atoms with Crippen molar-refractivity contribution in [3.8, 4) is 0 Å². The van der Waals surface area contributed by atoms with Crippen molar-refractivity contribution in [2.24, 2.45) is 0 Å². The second kappa shape index (κ2) is 52.1. The number of hydrogen-bond acceptors (Lipinski definition) is 8. The third-order valence-electron chi connectivity index (χ3n) is 15.1. The van der Waals surface area contributed by atoms with E-state index in [2.05, 4.69) is 43.5 Å². The normalized spacial score (nSPS) is 19.3. The summed E-state index contributed by atoms with van der Waals surface area (Å²) in [7, 11) is 0. The van der Waals surface area contributed by atoms with Gasteiger partial charge in [0, 0.05) is 6.42 Å². The van der Waals surface area contributed by atoms with Crippen LogP contribution in [0.4, 0.5) is 0 Å². The topological polar surface area (TPSA) is 149 Å². The van der Waals surface area contributed by atoms with Crippen molar-refractivity contribution >= 4 is 5.91 Å². The molecule has 6 N–H and O–H groups in total. The monoisotopic (exact) mass is 1010 g/mol. The molecule has 0 radical (unpaired) electrons. The number of ether oxygens (including phenoxy) is 2. The van der Waals surface area contributed by atoms with E-state index in [9.17, 15) is 30.3 Å². The summed E-state index contributed by atoms with van der Waals surface area (Å²) in [5.74, 6) is -0.140. The number of unbranched alkanes of at least 4 members (excludes halogenated alkanes) is 40. The Morgan fingerprint density at radius 2 is 0.831 bits per heavy atom. The highest BCUT2D eigenvalue weighted by atomic mass is 16.7. The van der Waals surface area contributed by atoms with Crippen LogP contribution < -0.4 is 5.32 Å². The SMILES string of the molecule is CCCCCCCCCCC/C=C\C/C=C\CCCCCCCCCCCCCCCC(=O)NC(COC1OC(CO)C(O)C(O)C1O)C(O)CCCCCCCCCCCCCCCCCCCCC. The van der Waals surface area contributed by atoms with Crippen molar-refractivity contribution in [3.05, 3.63) is 24.3 Å². The lowest BCUT2D eigenvalue weighted by Crippen LogP contribution is -2.60. The quantitative estimate of drug-likeness (QED) is 0.0261. The molecule has 1 amide bonds. The maximum Gasteiger partial charge on any atom is 0.220 e. The van der Waals surface area contributed by atoms with Gasteiger partial charge in [0.25, 0.3) is 0 Å². The molecule has 0 saturated carbocycles. The van der Waals surface area contributed by atoms with Crippen LogP contribution >= 0.6 is 0 Å². The molecule has 0 spiro atoms. The van der Waals surface area contributed by atoms with Gasteiger partial charge in [-0.3, -0.25) is 4.79 Å². The third-order valence-corrected chi connectivity index (χ3v) is 15.1. The molecule has 7 atom stereocenters. The molecule has 0 aromatic rings. The number of allylic oxidation sites excluding steroid dienone is 4. The minimum atomic E-state index is -1.55. The Morgan fingerprint density at radius 3 is 1.21 bits per heavy atom. The molecule has 1 rings (SSSR count).